The zero-order chi connectivity index (χ0) is 28.7. The van der Waals surface area contributed by atoms with Gasteiger partial charge in [-0.05, 0) is 66.3 Å². The molecule has 0 unspecified atom stereocenters. The first-order valence-corrected chi connectivity index (χ1v) is 13.3. The summed E-state index contributed by atoms with van der Waals surface area (Å²) in [5.41, 5.74) is 2.08. The Morgan fingerprint density at radius 1 is 0.875 bits per heavy atom. The van der Waals surface area contributed by atoms with E-state index in [2.05, 4.69) is 28.5 Å². The van der Waals surface area contributed by atoms with Gasteiger partial charge in [-0.1, -0.05) is 68.3 Å². The van der Waals surface area contributed by atoms with E-state index in [4.69, 9.17) is 0 Å². The third-order valence-corrected chi connectivity index (χ3v) is 7.10. The lowest BCUT2D eigenvalue weighted by molar-refractivity contribution is -0.185. The average molecular weight is 561 g/mol. The molecule has 0 bridgehead atoms. The zero-order valence-electron chi connectivity index (χ0n) is 22.0. The zero-order valence-corrected chi connectivity index (χ0v) is 22.0. The quantitative estimate of drug-likeness (QED) is 0.181. The molecule has 3 aromatic rings. The number of rotatable bonds is 10. The highest BCUT2D eigenvalue weighted by Gasteiger charge is 2.35. The number of ether oxygens (including phenoxy) is 2. The molecular formula is C32H30F6O2. The van der Waals surface area contributed by atoms with E-state index in [1.807, 2.05) is 24.3 Å². The van der Waals surface area contributed by atoms with Crippen LogP contribution in [0.3, 0.4) is 0 Å². The fraction of sp³-hybridized carbons (Fsp3) is 0.312. The van der Waals surface area contributed by atoms with Crippen LogP contribution in [0.2, 0.25) is 0 Å². The Labute approximate surface area is 229 Å². The first kappa shape index (κ1) is 29.3. The van der Waals surface area contributed by atoms with E-state index in [1.165, 1.54) is 50.7 Å². The molecule has 1 fully saturated rings. The van der Waals surface area contributed by atoms with Gasteiger partial charge in [-0.15, -0.1) is 0 Å². The second-order valence-corrected chi connectivity index (χ2v) is 9.99. The van der Waals surface area contributed by atoms with Gasteiger partial charge in [0.2, 0.25) is 0 Å². The monoisotopic (exact) mass is 560 g/mol. The van der Waals surface area contributed by atoms with Crippen molar-refractivity contribution < 1.29 is 35.8 Å². The molecule has 1 aliphatic carbocycles. The Kier molecular flexibility index (Phi) is 9.61. The maximum Gasteiger partial charge on any atom is 0.426 e. The van der Waals surface area contributed by atoms with Crippen LogP contribution in [0.4, 0.5) is 26.3 Å². The molecule has 0 spiro atoms. The minimum atomic E-state index is -3.92. The third kappa shape index (κ3) is 7.71. The van der Waals surface area contributed by atoms with Gasteiger partial charge in [0.15, 0.2) is 23.6 Å². The molecule has 0 heterocycles. The Morgan fingerprint density at radius 2 is 1.45 bits per heavy atom. The van der Waals surface area contributed by atoms with Gasteiger partial charge in [-0.3, -0.25) is 0 Å². The minimum absolute atomic E-state index is 0.165. The molecule has 8 heteroatoms. The Balaban J connectivity index is 1.38. The summed E-state index contributed by atoms with van der Waals surface area (Å²) in [6, 6.07) is 14.0. The molecule has 2 nitrogen and oxygen atoms in total. The van der Waals surface area contributed by atoms with Crippen molar-refractivity contribution in [3.63, 3.8) is 0 Å². The predicted molar refractivity (Wildman–Crippen MR) is 143 cm³/mol. The Bertz CT molecular complexity index is 1300. The highest BCUT2D eigenvalue weighted by molar-refractivity contribution is 5.66. The fourth-order valence-electron chi connectivity index (χ4n) is 4.99. The van der Waals surface area contributed by atoms with Crippen molar-refractivity contribution in [1.82, 2.24) is 0 Å². The van der Waals surface area contributed by atoms with Crippen molar-refractivity contribution in [3.8, 4) is 22.6 Å². The number of benzene rings is 3. The largest absolute Gasteiger partial charge is 0.453 e. The van der Waals surface area contributed by atoms with Crippen LogP contribution in [0.15, 0.2) is 79.1 Å². The normalized spacial score (nSPS) is 17.6. The summed E-state index contributed by atoms with van der Waals surface area (Å²) in [6.45, 7) is 2.24. The SMILES string of the molecule is CCCC1CCC(/C=C/c2ccc(-c3ccc(C(F)(F)Oc4cc(F)c(OC=C(F)F)c(F)c4)cc3)cc2)CC1. The fourth-order valence-corrected chi connectivity index (χ4v) is 4.99. The third-order valence-electron chi connectivity index (χ3n) is 7.10. The molecular weight excluding hydrogens is 530 g/mol. The van der Waals surface area contributed by atoms with Crippen LogP contribution in [-0.2, 0) is 6.11 Å². The first-order valence-electron chi connectivity index (χ1n) is 13.3. The van der Waals surface area contributed by atoms with Crippen molar-refractivity contribution in [2.45, 2.75) is 51.6 Å². The molecule has 0 radical (unpaired) electrons. The number of hydrogen-bond donors (Lipinski definition) is 0. The molecule has 0 amide bonds. The molecule has 3 aromatic carbocycles. The van der Waals surface area contributed by atoms with Gasteiger partial charge in [0.25, 0.3) is 0 Å². The van der Waals surface area contributed by atoms with Crippen LogP contribution in [0.25, 0.3) is 17.2 Å². The summed E-state index contributed by atoms with van der Waals surface area (Å²) in [5.74, 6) is -3.48. The Morgan fingerprint density at radius 3 is 2.00 bits per heavy atom. The lowest BCUT2D eigenvalue weighted by atomic mass is 9.80. The average Bonchev–Trinajstić information content (AvgIpc) is 2.92. The first-order chi connectivity index (χ1) is 19.1. The van der Waals surface area contributed by atoms with Crippen LogP contribution < -0.4 is 9.47 Å². The lowest BCUT2D eigenvalue weighted by Gasteiger charge is -2.26. The van der Waals surface area contributed by atoms with E-state index < -0.39 is 40.9 Å². The molecule has 0 aliphatic heterocycles. The molecule has 4 rings (SSSR count). The molecule has 1 saturated carbocycles. The van der Waals surface area contributed by atoms with Gasteiger partial charge in [0, 0.05) is 12.1 Å². The summed E-state index contributed by atoms with van der Waals surface area (Å²) in [7, 11) is 0. The summed E-state index contributed by atoms with van der Waals surface area (Å²) >= 11 is 0. The molecule has 0 saturated heterocycles. The summed E-state index contributed by atoms with van der Waals surface area (Å²) in [5, 5.41) is 0. The van der Waals surface area contributed by atoms with E-state index >= 15 is 0 Å². The number of halogens is 6. The number of alkyl halides is 2. The molecule has 0 N–H and O–H groups in total. The van der Waals surface area contributed by atoms with Crippen molar-refractivity contribution in [3.05, 3.63) is 102 Å². The van der Waals surface area contributed by atoms with Crippen molar-refractivity contribution in [2.24, 2.45) is 11.8 Å². The van der Waals surface area contributed by atoms with Gasteiger partial charge in [-0.2, -0.15) is 17.6 Å². The van der Waals surface area contributed by atoms with Crippen LogP contribution >= 0.6 is 0 Å². The van der Waals surface area contributed by atoms with Crippen molar-refractivity contribution in [1.29, 1.82) is 0 Å². The number of allylic oxidation sites excluding steroid dienone is 1. The van der Waals surface area contributed by atoms with Gasteiger partial charge in [0.1, 0.15) is 5.75 Å². The lowest BCUT2D eigenvalue weighted by Crippen LogP contribution is -2.22. The van der Waals surface area contributed by atoms with E-state index in [0.29, 0.717) is 23.6 Å². The predicted octanol–water partition coefficient (Wildman–Crippen LogP) is 10.5. The second kappa shape index (κ2) is 13.1. The van der Waals surface area contributed by atoms with E-state index in [0.717, 1.165) is 29.2 Å². The van der Waals surface area contributed by atoms with Crippen LogP contribution in [-0.4, -0.2) is 0 Å². The highest BCUT2D eigenvalue weighted by atomic mass is 19.3. The van der Waals surface area contributed by atoms with Gasteiger partial charge in [0.05, 0.1) is 5.56 Å². The Hall–Kier alpha value is -3.68. The van der Waals surface area contributed by atoms with E-state index in [1.54, 1.807) is 0 Å². The van der Waals surface area contributed by atoms with Gasteiger partial charge >= 0.3 is 12.2 Å². The van der Waals surface area contributed by atoms with Crippen LogP contribution in [0, 0.1) is 23.5 Å². The van der Waals surface area contributed by atoms with Gasteiger partial charge < -0.3 is 9.47 Å². The maximum absolute atomic E-state index is 14.7. The molecule has 0 aromatic heterocycles. The van der Waals surface area contributed by atoms with Crippen molar-refractivity contribution in [2.75, 3.05) is 0 Å². The van der Waals surface area contributed by atoms with E-state index in [-0.39, 0.29) is 6.26 Å². The van der Waals surface area contributed by atoms with Crippen LogP contribution in [0.5, 0.6) is 11.5 Å². The van der Waals surface area contributed by atoms with Crippen molar-refractivity contribution >= 4 is 6.08 Å². The smallest absolute Gasteiger partial charge is 0.426 e. The molecule has 1 aliphatic rings. The maximum atomic E-state index is 14.7. The molecule has 212 valence electrons. The van der Waals surface area contributed by atoms with Gasteiger partial charge in [-0.25, -0.2) is 8.78 Å². The summed E-state index contributed by atoms with van der Waals surface area (Å²) < 4.78 is 90.5. The van der Waals surface area contributed by atoms with E-state index in [9.17, 15) is 26.3 Å². The minimum Gasteiger partial charge on any atom is -0.453 e. The topological polar surface area (TPSA) is 18.5 Å². The summed E-state index contributed by atoms with van der Waals surface area (Å²) in [4.78, 5) is 0. The number of hydrogen-bond acceptors (Lipinski definition) is 2. The standard InChI is InChI=1S/C32H30F6O2/c1-2-3-21-4-6-22(7-5-21)8-9-23-10-12-24(13-11-23)25-14-16-26(17-15-25)32(37,38)40-27-18-28(33)31(29(34)19-27)39-20-30(35)36/h8-22H,2-7H2,1H3/b9-8+. The molecule has 40 heavy (non-hydrogen) atoms. The second-order valence-electron chi connectivity index (χ2n) is 9.99. The van der Waals surface area contributed by atoms with Crippen LogP contribution in [0.1, 0.15) is 56.6 Å². The highest BCUT2D eigenvalue weighted by Crippen LogP contribution is 2.36. The summed E-state index contributed by atoms with van der Waals surface area (Å²) in [6.07, 6.45) is 5.61. The molecule has 0 atom stereocenters.